The zero-order valence-electron chi connectivity index (χ0n) is 12.7. The van der Waals surface area contributed by atoms with Crippen molar-refractivity contribution in [3.05, 3.63) is 24.3 Å². The van der Waals surface area contributed by atoms with Gasteiger partial charge in [0.25, 0.3) is 0 Å². The molecule has 3 rings (SSSR count). The van der Waals surface area contributed by atoms with Gasteiger partial charge in [-0.3, -0.25) is 10.1 Å². The molecular weight excluding hydrogens is 330 g/mol. The molecule has 0 radical (unpaired) electrons. The number of imide groups is 1. The van der Waals surface area contributed by atoms with Crippen LogP contribution >= 0.6 is 23.1 Å². The van der Waals surface area contributed by atoms with Crippen molar-refractivity contribution in [1.82, 2.24) is 15.6 Å². The van der Waals surface area contributed by atoms with E-state index in [4.69, 9.17) is 0 Å². The fourth-order valence-corrected chi connectivity index (χ4v) is 4.54. The van der Waals surface area contributed by atoms with Crippen LogP contribution in [0.4, 0.5) is 4.79 Å². The maximum absolute atomic E-state index is 11.9. The highest BCUT2D eigenvalue weighted by Gasteiger charge is 2.17. The van der Waals surface area contributed by atoms with Crippen molar-refractivity contribution >= 4 is 45.3 Å². The minimum atomic E-state index is -0.383. The van der Waals surface area contributed by atoms with E-state index in [2.05, 4.69) is 15.6 Å². The molecule has 23 heavy (non-hydrogen) atoms. The van der Waals surface area contributed by atoms with Crippen LogP contribution in [0.2, 0.25) is 0 Å². The Kier molecular flexibility index (Phi) is 5.51. The van der Waals surface area contributed by atoms with Crippen LogP contribution < -0.4 is 10.6 Å². The summed E-state index contributed by atoms with van der Waals surface area (Å²) in [6.07, 6.45) is 5.53. The third-order valence-corrected chi connectivity index (χ3v) is 5.97. The average Bonchev–Trinajstić information content (AvgIpc) is 2.96. The lowest BCUT2D eigenvalue weighted by atomic mass is 9.96. The van der Waals surface area contributed by atoms with Gasteiger partial charge in [-0.15, -0.1) is 11.3 Å². The van der Waals surface area contributed by atoms with E-state index in [0.29, 0.717) is 0 Å². The zero-order valence-corrected chi connectivity index (χ0v) is 14.3. The SMILES string of the molecule is O=C(CSc1nc2ccccc2s1)NC(=O)NC1CCCCC1. The molecule has 0 atom stereocenters. The number of nitrogens with zero attached hydrogens (tertiary/aromatic N) is 1. The molecular formula is C16H19N3O2S2. The smallest absolute Gasteiger partial charge is 0.321 e. The predicted octanol–water partition coefficient (Wildman–Crippen LogP) is 3.55. The highest BCUT2D eigenvalue weighted by Crippen LogP contribution is 2.29. The number of thioether (sulfide) groups is 1. The Morgan fingerprint density at radius 3 is 2.78 bits per heavy atom. The number of benzene rings is 1. The molecule has 5 nitrogen and oxygen atoms in total. The number of hydrogen-bond donors (Lipinski definition) is 2. The van der Waals surface area contributed by atoms with Crippen LogP contribution in [0.15, 0.2) is 28.6 Å². The Hall–Kier alpha value is -1.60. The minimum absolute atomic E-state index is 0.192. The molecule has 2 aromatic rings. The summed E-state index contributed by atoms with van der Waals surface area (Å²) < 4.78 is 1.94. The summed E-state index contributed by atoms with van der Waals surface area (Å²) in [6, 6.07) is 7.69. The lowest BCUT2D eigenvalue weighted by Crippen LogP contribution is -2.45. The van der Waals surface area contributed by atoms with Gasteiger partial charge in [0.1, 0.15) is 0 Å². The molecule has 1 aromatic heterocycles. The van der Waals surface area contributed by atoms with Gasteiger partial charge >= 0.3 is 6.03 Å². The van der Waals surface area contributed by atoms with Crippen LogP contribution in [0.3, 0.4) is 0 Å². The number of para-hydroxylation sites is 1. The molecule has 3 amide bonds. The number of urea groups is 1. The van der Waals surface area contributed by atoms with Crippen LogP contribution in [0, 0.1) is 0 Å². The van der Waals surface area contributed by atoms with E-state index < -0.39 is 0 Å². The third kappa shape index (κ3) is 4.68. The average molecular weight is 349 g/mol. The van der Waals surface area contributed by atoms with Crippen molar-refractivity contribution in [3.8, 4) is 0 Å². The second-order valence-corrected chi connectivity index (χ2v) is 7.85. The van der Waals surface area contributed by atoms with E-state index in [1.54, 1.807) is 11.3 Å². The summed E-state index contributed by atoms with van der Waals surface area (Å²) in [6.45, 7) is 0. The summed E-state index contributed by atoms with van der Waals surface area (Å²) in [5, 5.41) is 5.27. The number of amides is 3. The number of nitrogens with one attached hydrogen (secondary N) is 2. The third-order valence-electron chi connectivity index (χ3n) is 3.79. The Bertz CT molecular complexity index is 662. The zero-order chi connectivity index (χ0) is 16.1. The summed E-state index contributed by atoms with van der Waals surface area (Å²) in [7, 11) is 0. The van der Waals surface area contributed by atoms with Crippen molar-refractivity contribution in [3.63, 3.8) is 0 Å². The first-order valence-corrected chi connectivity index (χ1v) is 9.59. The van der Waals surface area contributed by atoms with Crippen LogP contribution in [0.1, 0.15) is 32.1 Å². The van der Waals surface area contributed by atoms with E-state index in [1.165, 1.54) is 18.2 Å². The highest BCUT2D eigenvalue weighted by atomic mass is 32.2. The number of fused-ring (bicyclic) bond motifs is 1. The first-order valence-electron chi connectivity index (χ1n) is 7.79. The molecule has 0 bridgehead atoms. The lowest BCUT2D eigenvalue weighted by Gasteiger charge is -2.22. The number of aromatic nitrogens is 1. The van der Waals surface area contributed by atoms with Gasteiger partial charge in [0.05, 0.1) is 16.0 Å². The largest absolute Gasteiger partial charge is 0.335 e. The molecule has 0 unspecified atom stereocenters. The van der Waals surface area contributed by atoms with E-state index in [9.17, 15) is 9.59 Å². The molecule has 2 N–H and O–H groups in total. The molecule has 1 aliphatic rings. The van der Waals surface area contributed by atoms with E-state index >= 15 is 0 Å². The van der Waals surface area contributed by atoms with Gasteiger partial charge in [0.2, 0.25) is 5.91 Å². The van der Waals surface area contributed by atoms with Crippen molar-refractivity contribution < 1.29 is 9.59 Å². The van der Waals surface area contributed by atoms with Crippen molar-refractivity contribution in [1.29, 1.82) is 0 Å². The molecule has 122 valence electrons. The Morgan fingerprint density at radius 1 is 1.22 bits per heavy atom. The van der Waals surface area contributed by atoms with E-state index in [0.717, 1.165) is 40.2 Å². The Balaban J connectivity index is 1.44. The molecule has 1 saturated carbocycles. The summed E-state index contributed by atoms with van der Waals surface area (Å²) in [4.78, 5) is 28.1. The van der Waals surface area contributed by atoms with Crippen molar-refractivity contribution in [2.24, 2.45) is 0 Å². The molecule has 1 heterocycles. The fourth-order valence-electron chi connectivity index (χ4n) is 2.67. The molecule has 0 spiro atoms. The van der Waals surface area contributed by atoms with E-state index in [-0.39, 0.29) is 23.7 Å². The number of carbonyl (C=O) groups excluding carboxylic acids is 2. The molecule has 7 heteroatoms. The summed E-state index contributed by atoms with van der Waals surface area (Å²) in [5.41, 5.74) is 0.940. The van der Waals surface area contributed by atoms with Gasteiger partial charge < -0.3 is 5.32 Å². The number of thiazole rings is 1. The van der Waals surface area contributed by atoms with Gasteiger partial charge in [-0.05, 0) is 25.0 Å². The monoisotopic (exact) mass is 349 g/mol. The topological polar surface area (TPSA) is 71.1 Å². The highest BCUT2D eigenvalue weighted by molar-refractivity contribution is 8.01. The Morgan fingerprint density at radius 2 is 2.00 bits per heavy atom. The van der Waals surface area contributed by atoms with Crippen LogP contribution in [-0.2, 0) is 4.79 Å². The first-order chi connectivity index (χ1) is 11.2. The van der Waals surface area contributed by atoms with Crippen LogP contribution in [-0.4, -0.2) is 28.7 Å². The van der Waals surface area contributed by atoms with Crippen LogP contribution in [0.5, 0.6) is 0 Å². The normalized spacial score (nSPS) is 15.5. The molecule has 1 aliphatic carbocycles. The van der Waals surface area contributed by atoms with Gasteiger partial charge in [0.15, 0.2) is 4.34 Å². The van der Waals surface area contributed by atoms with Crippen molar-refractivity contribution in [2.75, 3.05) is 5.75 Å². The second kappa shape index (κ2) is 7.79. The molecule has 0 aliphatic heterocycles. The Labute approximate surface area is 143 Å². The molecule has 0 saturated heterocycles. The molecule has 1 fully saturated rings. The number of hydrogen-bond acceptors (Lipinski definition) is 5. The maximum atomic E-state index is 11.9. The minimum Gasteiger partial charge on any atom is -0.335 e. The van der Waals surface area contributed by atoms with Crippen molar-refractivity contribution in [2.45, 2.75) is 42.5 Å². The molecule has 1 aromatic carbocycles. The maximum Gasteiger partial charge on any atom is 0.321 e. The first kappa shape index (κ1) is 16.3. The van der Waals surface area contributed by atoms with E-state index in [1.807, 2.05) is 24.3 Å². The predicted molar refractivity (Wildman–Crippen MR) is 93.9 cm³/mol. The summed E-state index contributed by atoms with van der Waals surface area (Å²) >= 11 is 2.92. The number of rotatable bonds is 4. The quantitative estimate of drug-likeness (QED) is 0.828. The fraction of sp³-hybridized carbons (Fsp3) is 0.438. The van der Waals surface area contributed by atoms with Gasteiger partial charge in [-0.25, -0.2) is 9.78 Å². The van der Waals surface area contributed by atoms with Crippen LogP contribution in [0.25, 0.3) is 10.2 Å². The lowest BCUT2D eigenvalue weighted by molar-refractivity contribution is -0.117. The standard InChI is InChI=1S/C16H19N3O2S2/c20-14(19-15(21)17-11-6-2-1-3-7-11)10-22-16-18-12-8-4-5-9-13(12)23-16/h4-5,8-9,11H,1-3,6-7,10H2,(H2,17,19,20,21). The second-order valence-electron chi connectivity index (χ2n) is 5.59. The van der Waals surface area contributed by atoms with Gasteiger partial charge in [0, 0.05) is 6.04 Å². The van der Waals surface area contributed by atoms with Gasteiger partial charge in [-0.1, -0.05) is 43.2 Å². The van der Waals surface area contributed by atoms with Gasteiger partial charge in [-0.2, -0.15) is 0 Å². The number of carbonyl (C=O) groups is 2. The summed E-state index contributed by atoms with van der Waals surface area (Å²) in [5.74, 6) is -0.0969.